The maximum Gasteiger partial charge on any atom is 0.224 e. The fourth-order valence-corrected chi connectivity index (χ4v) is 1.92. The maximum atomic E-state index is 11.7. The van der Waals surface area contributed by atoms with Gasteiger partial charge < -0.3 is 16.3 Å². The Labute approximate surface area is 112 Å². The van der Waals surface area contributed by atoms with E-state index in [0.717, 1.165) is 24.4 Å². The highest BCUT2D eigenvalue weighted by atomic mass is 16.4. The zero-order chi connectivity index (χ0) is 13.7. The molecular formula is C14H19N3O2. The Balaban J connectivity index is 1.79. The fourth-order valence-electron chi connectivity index (χ4n) is 1.92. The molecule has 102 valence electrons. The van der Waals surface area contributed by atoms with E-state index in [2.05, 4.69) is 10.5 Å². The van der Waals surface area contributed by atoms with Crippen molar-refractivity contribution in [3.05, 3.63) is 35.4 Å². The standard InChI is InChI=1S/C14H19N3O2/c15-14(17-19)12-5-3-11(4-6-12)9-13(18)16-8-7-10-1-2-10/h3-6,10,19H,1-2,7-9H2,(H2,15,17)(H,16,18). The third kappa shape index (κ3) is 4.28. The van der Waals surface area contributed by atoms with E-state index in [4.69, 9.17) is 10.9 Å². The maximum absolute atomic E-state index is 11.7. The molecule has 0 spiro atoms. The number of nitrogens with two attached hydrogens (primary N) is 1. The number of nitrogens with one attached hydrogen (secondary N) is 1. The number of oxime groups is 1. The quantitative estimate of drug-likeness (QED) is 0.311. The number of rotatable bonds is 6. The van der Waals surface area contributed by atoms with Gasteiger partial charge in [-0.1, -0.05) is 42.3 Å². The van der Waals surface area contributed by atoms with Gasteiger partial charge in [-0.05, 0) is 17.9 Å². The Hall–Kier alpha value is -2.04. The van der Waals surface area contributed by atoms with E-state index in [1.807, 2.05) is 12.1 Å². The molecule has 1 amide bonds. The Morgan fingerprint density at radius 2 is 2.05 bits per heavy atom. The highest BCUT2D eigenvalue weighted by molar-refractivity contribution is 5.97. The molecule has 1 saturated carbocycles. The van der Waals surface area contributed by atoms with Crippen molar-refractivity contribution < 1.29 is 10.0 Å². The minimum atomic E-state index is 0.0391. The van der Waals surface area contributed by atoms with Crippen LogP contribution >= 0.6 is 0 Å². The predicted molar refractivity (Wildman–Crippen MR) is 73.0 cm³/mol. The fraction of sp³-hybridized carbons (Fsp3) is 0.429. The minimum absolute atomic E-state index is 0.0391. The lowest BCUT2D eigenvalue weighted by molar-refractivity contribution is -0.120. The van der Waals surface area contributed by atoms with Crippen molar-refractivity contribution >= 4 is 11.7 Å². The summed E-state index contributed by atoms with van der Waals surface area (Å²) in [4.78, 5) is 11.7. The summed E-state index contributed by atoms with van der Waals surface area (Å²) in [6.45, 7) is 0.770. The van der Waals surface area contributed by atoms with Gasteiger partial charge in [0.25, 0.3) is 0 Å². The molecule has 0 aromatic heterocycles. The summed E-state index contributed by atoms with van der Waals surface area (Å²) in [5, 5.41) is 14.4. The Kier molecular flexibility index (Phi) is 4.39. The second-order valence-electron chi connectivity index (χ2n) is 4.94. The molecule has 1 aromatic rings. The molecule has 1 aromatic carbocycles. The average Bonchev–Trinajstić information content (AvgIpc) is 3.23. The average molecular weight is 261 g/mol. The smallest absolute Gasteiger partial charge is 0.224 e. The van der Waals surface area contributed by atoms with Gasteiger partial charge in [0.2, 0.25) is 5.91 Å². The molecule has 0 saturated heterocycles. The first-order chi connectivity index (χ1) is 9.19. The molecule has 19 heavy (non-hydrogen) atoms. The second kappa shape index (κ2) is 6.22. The van der Waals surface area contributed by atoms with Crippen molar-refractivity contribution in [1.29, 1.82) is 0 Å². The van der Waals surface area contributed by atoms with Crippen LogP contribution in [0.15, 0.2) is 29.4 Å². The summed E-state index contributed by atoms with van der Waals surface area (Å²) in [5.74, 6) is 0.943. The summed E-state index contributed by atoms with van der Waals surface area (Å²) in [5.41, 5.74) is 7.02. The van der Waals surface area contributed by atoms with Gasteiger partial charge in [-0.3, -0.25) is 4.79 Å². The zero-order valence-corrected chi connectivity index (χ0v) is 10.8. The third-order valence-electron chi connectivity index (χ3n) is 3.29. The van der Waals surface area contributed by atoms with Gasteiger partial charge >= 0.3 is 0 Å². The highest BCUT2D eigenvalue weighted by Crippen LogP contribution is 2.31. The number of carbonyl (C=O) groups is 1. The lowest BCUT2D eigenvalue weighted by Crippen LogP contribution is -2.26. The topological polar surface area (TPSA) is 87.7 Å². The Bertz CT molecular complexity index is 464. The first kappa shape index (κ1) is 13.4. The first-order valence-corrected chi connectivity index (χ1v) is 6.52. The summed E-state index contributed by atoms with van der Waals surface area (Å²) >= 11 is 0. The van der Waals surface area contributed by atoms with Crippen LogP contribution in [0.1, 0.15) is 30.4 Å². The van der Waals surface area contributed by atoms with Crippen molar-refractivity contribution in [3.8, 4) is 0 Å². The van der Waals surface area contributed by atoms with E-state index >= 15 is 0 Å². The largest absolute Gasteiger partial charge is 0.409 e. The molecule has 4 N–H and O–H groups in total. The Morgan fingerprint density at radius 3 is 2.63 bits per heavy atom. The summed E-state index contributed by atoms with van der Waals surface area (Å²) in [6, 6.07) is 7.10. The van der Waals surface area contributed by atoms with Crippen molar-refractivity contribution in [2.45, 2.75) is 25.7 Å². The molecule has 5 heteroatoms. The SMILES string of the molecule is NC(=NO)c1ccc(CC(=O)NCCC2CC2)cc1. The lowest BCUT2D eigenvalue weighted by Gasteiger charge is -2.05. The van der Waals surface area contributed by atoms with E-state index in [1.54, 1.807) is 12.1 Å². The molecule has 5 nitrogen and oxygen atoms in total. The number of carbonyl (C=O) groups excluding carboxylic acids is 1. The number of nitrogens with zero attached hydrogens (tertiary/aromatic N) is 1. The van der Waals surface area contributed by atoms with Crippen LogP contribution in [0.3, 0.4) is 0 Å². The van der Waals surface area contributed by atoms with Gasteiger partial charge in [-0.2, -0.15) is 0 Å². The zero-order valence-electron chi connectivity index (χ0n) is 10.8. The van der Waals surface area contributed by atoms with Gasteiger partial charge in [0, 0.05) is 12.1 Å². The highest BCUT2D eigenvalue weighted by Gasteiger charge is 2.20. The van der Waals surface area contributed by atoms with Crippen molar-refractivity contribution in [2.75, 3.05) is 6.54 Å². The number of hydrogen-bond donors (Lipinski definition) is 3. The molecule has 0 radical (unpaired) electrons. The van der Waals surface area contributed by atoms with Crippen molar-refractivity contribution in [2.24, 2.45) is 16.8 Å². The van der Waals surface area contributed by atoms with E-state index in [0.29, 0.717) is 12.0 Å². The summed E-state index contributed by atoms with van der Waals surface area (Å²) in [6.07, 6.45) is 4.08. The molecular weight excluding hydrogens is 242 g/mol. The van der Waals surface area contributed by atoms with Crippen LogP contribution in [0.4, 0.5) is 0 Å². The summed E-state index contributed by atoms with van der Waals surface area (Å²) in [7, 11) is 0. The van der Waals surface area contributed by atoms with Crippen LogP contribution < -0.4 is 11.1 Å². The van der Waals surface area contributed by atoms with Crippen LogP contribution in [0, 0.1) is 5.92 Å². The Morgan fingerprint density at radius 1 is 1.37 bits per heavy atom. The second-order valence-corrected chi connectivity index (χ2v) is 4.94. The molecule has 0 bridgehead atoms. The number of amides is 1. The molecule has 0 atom stereocenters. The van der Waals surface area contributed by atoms with E-state index in [1.165, 1.54) is 12.8 Å². The van der Waals surface area contributed by atoms with Crippen molar-refractivity contribution in [1.82, 2.24) is 5.32 Å². The van der Waals surface area contributed by atoms with E-state index in [9.17, 15) is 4.79 Å². The molecule has 2 rings (SSSR count). The molecule has 1 aliphatic carbocycles. The van der Waals surface area contributed by atoms with Gasteiger partial charge in [0.1, 0.15) is 0 Å². The van der Waals surface area contributed by atoms with Crippen molar-refractivity contribution in [3.63, 3.8) is 0 Å². The van der Waals surface area contributed by atoms with E-state index < -0.39 is 0 Å². The van der Waals surface area contributed by atoms with Gasteiger partial charge in [-0.15, -0.1) is 0 Å². The number of amidine groups is 1. The van der Waals surface area contributed by atoms with Gasteiger partial charge in [0.15, 0.2) is 5.84 Å². The predicted octanol–water partition coefficient (Wildman–Crippen LogP) is 1.24. The first-order valence-electron chi connectivity index (χ1n) is 6.52. The van der Waals surface area contributed by atoms with Gasteiger partial charge in [0.05, 0.1) is 6.42 Å². The third-order valence-corrected chi connectivity index (χ3v) is 3.29. The molecule has 1 fully saturated rings. The van der Waals surface area contributed by atoms with Crippen LogP contribution in [0.2, 0.25) is 0 Å². The molecule has 0 aliphatic heterocycles. The number of hydrogen-bond acceptors (Lipinski definition) is 3. The molecule has 1 aliphatic rings. The number of benzene rings is 1. The normalized spacial score (nSPS) is 15.3. The summed E-state index contributed by atoms with van der Waals surface area (Å²) < 4.78 is 0. The van der Waals surface area contributed by atoms with Crippen LogP contribution in [0.25, 0.3) is 0 Å². The molecule has 0 unspecified atom stereocenters. The molecule has 0 heterocycles. The minimum Gasteiger partial charge on any atom is -0.409 e. The monoisotopic (exact) mass is 261 g/mol. The van der Waals surface area contributed by atoms with Crippen LogP contribution in [-0.4, -0.2) is 23.5 Å². The van der Waals surface area contributed by atoms with Crippen LogP contribution in [0.5, 0.6) is 0 Å². The van der Waals surface area contributed by atoms with Crippen LogP contribution in [-0.2, 0) is 11.2 Å². The van der Waals surface area contributed by atoms with E-state index in [-0.39, 0.29) is 11.7 Å². The lowest BCUT2D eigenvalue weighted by atomic mass is 10.1. The van der Waals surface area contributed by atoms with Gasteiger partial charge in [-0.25, -0.2) is 0 Å².